The smallest absolute Gasteiger partial charge is 0.307 e. The van der Waals surface area contributed by atoms with Gasteiger partial charge in [-0.05, 0) is 20.8 Å². The van der Waals surface area contributed by atoms with E-state index in [1.807, 2.05) is 0 Å². The minimum Gasteiger partial charge on any atom is -0.466 e. The van der Waals surface area contributed by atoms with Gasteiger partial charge in [-0.2, -0.15) is 0 Å². The highest BCUT2D eigenvalue weighted by molar-refractivity contribution is 5.69. The van der Waals surface area contributed by atoms with Gasteiger partial charge in [-0.15, -0.1) is 0 Å². The Balaban J connectivity index is 2.75. The molecule has 88 valence electrons. The van der Waals surface area contributed by atoms with Gasteiger partial charge in [0.2, 0.25) is 0 Å². The molecular weight excluding hydrogens is 208 g/mol. The molecular formula is C11H16N2O3. The normalized spacial score (nSPS) is 10.2. The molecule has 5 heteroatoms. The summed E-state index contributed by atoms with van der Waals surface area (Å²) in [4.78, 5) is 26.9. The van der Waals surface area contributed by atoms with E-state index in [1.54, 1.807) is 20.8 Å². The quantitative estimate of drug-likeness (QED) is 0.710. The van der Waals surface area contributed by atoms with E-state index in [-0.39, 0.29) is 17.9 Å². The molecule has 0 unspecified atom stereocenters. The standard InChI is InChI=1S/C11H16N2O3/c1-4-16-11(15)5-6-13-9(3)12-8(2)7-10(13)14/h7H,4-6H2,1-3H3. The summed E-state index contributed by atoms with van der Waals surface area (Å²) in [6.45, 7) is 5.95. The molecule has 0 N–H and O–H groups in total. The molecule has 0 saturated heterocycles. The van der Waals surface area contributed by atoms with Gasteiger partial charge in [-0.1, -0.05) is 0 Å². The van der Waals surface area contributed by atoms with Gasteiger partial charge in [0.05, 0.1) is 13.0 Å². The zero-order valence-corrected chi connectivity index (χ0v) is 9.82. The van der Waals surface area contributed by atoms with Crippen LogP contribution < -0.4 is 5.56 Å². The number of aromatic nitrogens is 2. The molecule has 1 rings (SSSR count). The Labute approximate surface area is 94.1 Å². The molecule has 0 bridgehead atoms. The summed E-state index contributed by atoms with van der Waals surface area (Å²) in [5.41, 5.74) is 0.559. The summed E-state index contributed by atoms with van der Waals surface area (Å²) in [5.74, 6) is 0.323. The van der Waals surface area contributed by atoms with Crippen molar-refractivity contribution in [1.29, 1.82) is 0 Å². The topological polar surface area (TPSA) is 61.2 Å². The van der Waals surface area contributed by atoms with E-state index in [9.17, 15) is 9.59 Å². The number of esters is 1. The summed E-state index contributed by atoms with van der Waals surface area (Å²) < 4.78 is 6.27. The molecule has 1 heterocycles. The van der Waals surface area contributed by atoms with Crippen molar-refractivity contribution in [3.63, 3.8) is 0 Å². The van der Waals surface area contributed by atoms with Crippen LogP contribution in [-0.4, -0.2) is 22.1 Å². The Morgan fingerprint density at radius 2 is 2.19 bits per heavy atom. The minimum atomic E-state index is -0.297. The fourth-order valence-electron chi connectivity index (χ4n) is 1.47. The highest BCUT2D eigenvalue weighted by Gasteiger charge is 2.06. The monoisotopic (exact) mass is 224 g/mol. The average Bonchev–Trinajstić information content (AvgIpc) is 2.16. The van der Waals surface area contributed by atoms with Gasteiger partial charge in [0.1, 0.15) is 5.82 Å². The van der Waals surface area contributed by atoms with Crippen LogP contribution in [0.1, 0.15) is 24.9 Å². The molecule has 0 fully saturated rings. The highest BCUT2D eigenvalue weighted by atomic mass is 16.5. The molecule has 1 aromatic rings. The van der Waals surface area contributed by atoms with Gasteiger partial charge in [0.15, 0.2) is 0 Å². The van der Waals surface area contributed by atoms with Gasteiger partial charge in [-0.25, -0.2) is 4.98 Å². The molecule has 5 nitrogen and oxygen atoms in total. The first-order chi connectivity index (χ1) is 7.54. The molecule has 0 amide bonds. The second kappa shape index (κ2) is 5.44. The van der Waals surface area contributed by atoms with Crippen molar-refractivity contribution in [2.45, 2.75) is 33.7 Å². The van der Waals surface area contributed by atoms with E-state index in [1.165, 1.54) is 10.6 Å². The maximum absolute atomic E-state index is 11.6. The lowest BCUT2D eigenvalue weighted by Crippen LogP contribution is -2.25. The Bertz CT molecular complexity index is 437. The summed E-state index contributed by atoms with van der Waals surface area (Å²) in [6, 6.07) is 1.46. The maximum Gasteiger partial charge on any atom is 0.307 e. The van der Waals surface area contributed by atoms with Crippen LogP contribution in [0.5, 0.6) is 0 Å². The van der Waals surface area contributed by atoms with E-state index in [2.05, 4.69) is 4.98 Å². The van der Waals surface area contributed by atoms with Gasteiger partial charge < -0.3 is 4.74 Å². The third kappa shape index (κ3) is 3.18. The Morgan fingerprint density at radius 3 is 2.75 bits per heavy atom. The van der Waals surface area contributed by atoms with Crippen LogP contribution in [0.2, 0.25) is 0 Å². The van der Waals surface area contributed by atoms with E-state index in [4.69, 9.17) is 4.74 Å². The molecule has 0 aliphatic rings. The van der Waals surface area contributed by atoms with E-state index < -0.39 is 0 Å². The van der Waals surface area contributed by atoms with Crippen LogP contribution in [0.15, 0.2) is 10.9 Å². The van der Waals surface area contributed by atoms with Crippen LogP contribution in [0.3, 0.4) is 0 Å². The van der Waals surface area contributed by atoms with Crippen molar-refractivity contribution < 1.29 is 9.53 Å². The van der Waals surface area contributed by atoms with Crippen LogP contribution in [0, 0.1) is 13.8 Å². The van der Waals surface area contributed by atoms with Crippen molar-refractivity contribution in [2.75, 3.05) is 6.61 Å². The Kier molecular flexibility index (Phi) is 4.22. The number of ether oxygens (including phenoxy) is 1. The van der Waals surface area contributed by atoms with Crippen molar-refractivity contribution in [2.24, 2.45) is 0 Å². The first kappa shape index (κ1) is 12.4. The lowest BCUT2D eigenvalue weighted by molar-refractivity contribution is -0.143. The molecule has 0 radical (unpaired) electrons. The Hall–Kier alpha value is -1.65. The zero-order valence-electron chi connectivity index (χ0n) is 9.82. The van der Waals surface area contributed by atoms with Crippen LogP contribution in [0.25, 0.3) is 0 Å². The van der Waals surface area contributed by atoms with Gasteiger partial charge in [0, 0.05) is 18.3 Å². The molecule has 0 aliphatic heterocycles. The molecule has 1 aromatic heterocycles. The molecule has 16 heavy (non-hydrogen) atoms. The summed E-state index contributed by atoms with van der Waals surface area (Å²) >= 11 is 0. The van der Waals surface area contributed by atoms with Crippen molar-refractivity contribution in [1.82, 2.24) is 9.55 Å². The molecule has 0 aromatic carbocycles. The van der Waals surface area contributed by atoms with Crippen LogP contribution >= 0.6 is 0 Å². The van der Waals surface area contributed by atoms with Gasteiger partial charge >= 0.3 is 5.97 Å². The predicted octanol–water partition coefficient (Wildman–Crippen LogP) is 0.813. The maximum atomic E-state index is 11.6. The van der Waals surface area contributed by atoms with E-state index >= 15 is 0 Å². The molecule has 0 aliphatic carbocycles. The predicted molar refractivity (Wildman–Crippen MR) is 59.2 cm³/mol. The number of aryl methyl sites for hydroxylation is 2. The zero-order chi connectivity index (χ0) is 12.1. The van der Waals surface area contributed by atoms with Crippen molar-refractivity contribution in [3.8, 4) is 0 Å². The first-order valence-corrected chi connectivity index (χ1v) is 5.25. The third-order valence-corrected chi connectivity index (χ3v) is 2.17. The number of carbonyl (C=O) groups is 1. The van der Waals surface area contributed by atoms with Crippen molar-refractivity contribution in [3.05, 3.63) is 27.9 Å². The van der Waals surface area contributed by atoms with E-state index in [0.29, 0.717) is 24.7 Å². The Morgan fingerprint density at radius 1 is 1.50 bits per heavy atom. The van der Waals surface area contributed by atoms with Crippen LogP contribution in [-0.2, 0) is 16.1 Å². The SMILES string of the molecule is CCOC(=O)CCn1c(C)nc(C)cc1=O. The largest absolute Gasteiger partial charge is 0.466 e. The summed E-state index contributed by atoms with van der Waals surface area (Å²) in [6.07, 6.45) is 0.194. The summed E-state index contributed by atoms with van der Waals surface area (Å²) in [7, 11) is 0. The van der Waals surface area contributed by atoms with Crippen LogP contribution in [0.4, 0.5) is 0 Å². The molecule has 0 atom stereocenters. The molecule has 0 saturated carbocycles. The molecule has 0 spiro atoms. The number of hydrogen-bond acceptors (Lipinski definition) is 4. The fraction of sp³-hybridized carbons (Fsp3) is 0.545. The fourth-order valence-corrected chi connectivity index (χ4v) is 1.47. The van der Waals surface area contributed by atoms with Gasteiger partial charge in [0.25, 0.3) is 5.56 Å². The minimum absolute atomic E-state index is 0.130. The second-order valence-electron chi connectivity index (χ2n) is 3.49. The number of hydrogen-bond donors (Lipinski definition) is 0. The number of nitrogens with zero attached hydrogens (tertiary/aromatic N) is 2. The average molecular weight is 224 g/mol. The number of rotatable bonds is 4. The lowest BCUT2D eigenvalue weighted by atomic mass is 10.3. The van der Waals surface area contributed by atoms with E-state index in [0.717, 1.165) is 0 Å². The first-order valence-electron chi connectivity index (χ1n) is 5.25. The number of carbonyl (C=O) groups excluding carboxylic acids is 1. The lowest BCUT2D eigenvalue weighted by Gasteiger charge is -2.08. The van der Waals surface area contributed by atoms with Crippen molar-refractivity contribution >= 4 is 5.97 Å². The second-order valence-corrected chi connectivity index (χ2v) is 3.49. The van der Waals surface area contributed by atoms with Gasteiger partial charge in [-0.3, -0.25) is 14.2 Å². The highest BCUT2D eigenvalue weighted by Crippen LogP contribution is 1.96. The third-order valence-electron chi connectivity index (χ3n) is 2.17. The summed E-state index contributed by atoms with van der Waals surface area (Å²) in [5, 5.41) is 0.